The molecule has 1 aliphatic rings. The van der Waals surface area contributed by atoms with Crippen molar-refractivity contribution in [2.75, 3.05) is 16.8 Å². The Kier molecular flexibility index (Phi) is 2.30. The minimum absolute atomic E-state index is 0.246. The maximum absolute atomic E-state index is 6.03. The molecular weight excluding hydrogens is 248 g/mol. The number of rotatable bonds is 1. The van der Waals surface area contributed by atoms with Crippen molar-refractivity contribution >= 4 is 28.2 Å². The van der Waals surface area contributed by atoms with Crippen molar-refractivity contribution in [2.45, 2.75) is 13.1 Å². The molecule has 0 bridgehead atoms. The first kappa shape index (κ1) is 11.4. The second kappa shape index (κ2) is 4.04. The van der Waals surface area contributed by atoms with Crippen LogP contribution in [0.4, 0.5) is 17.3 Å². The van der Waals surface area contributed by atoms with Crippen molar-refractivity contribution < 1.29 is 4.42 Å². The standard InChI is InChI=1S/C17H16N2O/c1-12-18(2)17-16(14-10-6-7-11-15(14)20-17)19(12)13-8-4-3-5-9-13/h3-12H,1-2H3. The van der Waals surface area contributed by atoms with Crippen LogP contribution in [-0.2, 0) is 0 Å². The van der Waals surface area contributed by atoms with Crippen LogP contribution >= 0.6 is 0 Å². The number of nitrogens with zero attached hydrogens (tertiary/aromatic N) is 2. The minimum Gasteiger partial charge on any atom is -0.438 e. The summed E-state index contributed by atoms with van der Waals surface area (Å²) in [5.74, 6) is 0.947. The van der Waals surface area contributed by atoms with E-state index in [2.05, 4.69) is 60.2 Å². The van der Waals surface area contributed by atoms with Gasteiger partial charge in [-0.2, -0.15) is 0 Å². The first-order valence-electron chi connectivity index (χ1n) is 6.86. The zero-order chi connectivity index (χ0) is 13.7. The van der Waals surface area contributed by atoms with Crippen LogP contribution in [0.5, 0.6) is 0 Å². The Morgan fingerprint density at radius 2 is 1.65 bits per heavy atom. The molecule has 1 aliphatic heterocycles. The average molecular weight is 264 g/mol. The summed E-state index contributed by atoms with van der Waals surface area (Å²) in [4.78, 5) is 4.52. The summed E-state index contributed by atoms with van der Waals surface area (Å²) in [5.41, 5.74) is 3.30. The molecular formula is C17H16N2O. The third-order valence-corrected chi connectivity index (χ3v) is 4.08. The van der Waals surface area contributed by atoms with Crippen molar-refractivity contribution in [3.63, 3.8) is 0 Å². The molecule has 3 aromatic rings. The van der Waals surface area contributed by atoms with Crippen LogP contribution in [0.3, 0.4) is 0 Å². The van der Waals surface area contributed by atoms with E-state index in [1.807, 2.05) is 18.2 Å². The summed E-state index contributed by atoms with van der Waals surface area (Å²) >= 11 is 0. The van der Waals surface area contributed by atoms with Gasteiger partial charge in [-0.25, -0.2) is 0 Å². The van der Waals surface area contributed by atoms with E-state index in [1.54, 1.807) is 0 Å². The lowest BCUT2D eigenvalue weighted by Crippen LogP contribution is -2.35. The van der Waals surface area contributed by atoms with E-state index in [-0.39, 0.29) is 6.17 Å². The molecule has 100 valence electrons. The predicted octanol–water partition coefficient (Wildman–Crippen LogP) is 4.37. The van der Waals surface area contributed by atoms with Crippen LogP contribution in [0.2, 0.25) is 0 Å². The highest BCUT2D eigenvalue weighted by Crippen LogP contribution is 2.49. The maximum Gasteiger partial charge on any atom is 0.222 e. The smallest absolute Gasteiger partial charge is 0.222 e. The van der Waals surface area contributed by atoms with Gasteiger partial charge in [0.25, 0.3) is 0 Å². The molecule has 4 rings (SSSR count). The molecule has 1 atom stereocenters. The van der Waals surface area contributed by atoms with Gasteiger partial charge in [0.1, 0.15) is 17.4 Å². The summed E-state index contributed by atoms with van der Waals surface area (Å²) < 4.78 is 6.03. The minimum atomic E-state index is 0.246. The van der Waals surface area contributed by atoms with Crippen molar-refractivity contribution in [1.29, 1.82) is 0 Å². The highest BCUT2D eigenvalue weighted by molar-refractivity contribution is 6.02. The van der Waals surface area contributed by atoms with Crippen LogP contribution in [0, 0.1) is 0 Å². The molecule has 3 heteroatoms. The quantitative estimate of drug-likeness (QED) is 0.651. The lowest BCUT2D eigenvalue weighted by atomic mass is 10.2. The summed E-state index contributed by atoms with van der Waals surface area (Å²) in [6.07, 6.45) is 0.246. The molecule has 0 saturated carbocycles. The molecule has 2 heterocycles. The predicted molar refractivity (Wildman–Crippen MR) is 82.7 cm³/mol. The van der Waals surface area contributed by atoms with Gasteiger partial charge in [0.2, 0.25) is 5.88 Å². The second-order valence-electron chi connectivity index (χ2n) is 5.20. The number of benzene rings is 2. The van der Waals surface area contributed by atoms with Crippen molar-refractivity contribution in [3.8, 4) is 0 Å². The molecule has 0 spiro atoms. The van der Waals surface area contributed by atoms with E-state index in [0.717, 1.165) is 11.5 Å². The Morgan fingerprint density at radius 1 is 0.950 bits per heavy atom. The van der Waals surface area contributed by atoms with Crippen LogP contribution in [0.1, 0.15) is 6.92 Å². The molecule has 3 nitrogen and oxygen atoms in total. The van der Waals surface area contributed by atoms with Gasteiger partial charge in [0.15, 0.2) is 0 Å². The third kappa shape index (κ3) is 1.40. The Balaban J connectivity index is 1.99. The topological polar surface area (TPSA) is 19.6 Å². The first-order valence-corrected chi connectivity index (χ1v) is 6.86. The number of hydrogen-bond acceptors (Lipinski definition) is 3. The van der Waals surface area contributed by atoms with Gasteiger partial charge in [0.05, 0.1) is 0 Å². The van der Waals surface area contributed by atoms with E-state index in [1.165, 1.54) is 16.8 Å². The molecule has 1 aromatic heterocycles. The zero-order valence-electron chi connectivity index (χ0n) is 11.6. The van der Waals surface area contributed by atoms with Gasteiger partial charge in [-0.15, -0.1) is 0 Å². The van der Waals surface area contributed by atoms with Gasteiger partial charge in [-0.05, 0) is 31.2 Å². The Bertz CT molecular complexity index is 763. The van der Waals surface area contributed by atoms with Crippen molar-refractivity contribution in [2.24, 2.45) is 0 Å². The molecule has 0 saturated heterocycles. The highest BCUT2D eigenvalue weighted by atomic mass is 16.4. The SMILES string of the molecule is CC1N(C)c2oc3ccccc3c2N1c1ccccc1. The third-order valence-electron chi connectivity index (χ3n) is 4.08. The molecule has 0 radical (unpaired) electrons. The number of anilines is 3. The fourth-order valence-electron chi connectivity index (χ4n) is 2.95. The number of fused-ring (bicyclic) bond motifs is 3. The zero-order valence-corrected chi connectivity index (χ0v) is 11.6. The average Bonchev–Trinajstić information content (AvgIpc) is 2.97. The van der Waals surface area contributed by atoms with E-state index >= 15 is 0 Å². The Labute approximate surface area is 118 Å². The van der Waals surface area contributed by atoms with Gasteiger partial charge in [-0.1, -0.05) is 30.3 Å². The first-order chi connectivity index (χ1) is 9.77. The second-order valence-corrected chi connectivity index (χ2v) is 5.20. The van der Waals surface area contributed by atoms with Gasteiger partial charge < -0.3 is 14.2 Å². The molecule has 20 heavy (non-hydrogen) atoms. The molecule has 0 N–H and O–H groups in total. The van der Waals surface area contributed by atoms with Crippen LogP contribution in [0.25, 0.3) is 11.0 Å². The van der Waals surface area contributed by atoms with E-state index in [4.69, 9.17) is 4.42 Å². The summed E-state index contributed by atoms with van der Waals surface area (Å²) in [7, 11) is 2.08. The Morgan fingerprint density at radius 3 is 2.45 bits per heavy atom. The van der Waals surface area contributed by atoms with E-state index < -0.39 is 0 Å². The van der Waals surface area contributed by atoms with Crippen molar-refractivity contribution in [1.82, 2.24) is 0 Å². The van der Waals surface area contributed by atoms with Crippen molar-refractivity contribution in [3.05, 3.63) is 54.6 Å². The largest absolute Gasteiger partial charge is 0.438 e. The fourth-order valence-corrected chi connectivity index (χ4v) is 2.95. The monoisotopic (exact) mass is 264 g/mol. The van der Waals surface area contributed by atoms with Gasteiger partial charge in [-0.3, -0.25) is 0 Å². The van der Waals surface area contributed by atoms with Crippen LogP contribution < -0.4 is 9.80 Å². The number of furan rings is 1. The molecule has 1 unspecified atom stereocenters. The van der Waals surface area contributed by atoms with Crippen LogP contribution in [-0.4, -0.2) is 13.2 Å². The van der Waals surface area contributed by atoms with E-state index in [0.29, 0.717) is 0 Å². The molecule has 0 aliphatic carbocycles. The summed E-state index contributed by atoms with van der Waals surface area (Å²) in [6, 6.07) is 18.7. The fraction of sp³-hybridized carbons (Fsp3) is 0.176. The number of para-hydroxylation sites is 2. The molecule has 0 amide bonds. The normalized spacial score (nSPS) is 17.8. The molecule has 2 aromatic carbocycles. The lowest BCUT2D eigenvalue weighted by Gasteiger charge is -2.27. The molecule has 0 fully saturated rings. The highest BCUT2D eigenvalue weighted by Gasteiger charge is 2.36. The van der Waals surface area contributed by atoms with Crippen LogP contribution in [0.15, 0.2) is 59.0 Å². The maximum atomic E-state index is 6.03. The van der Waals surface area contributed by atoms with Gasteiger partial charge >= 0.3 is 0 Å². The summed E-state index contributed by atoms with van der Waals surface area (Å²) in [5, 5.41) is 1.17. The summed E-state index contributed by atoms with van der Waals surface area (Å²) in [6.45, 7) is 2.19. The Hall–Kier alpha value is -2.42. The lowest BCUT2D eigenvalue weighted by molar-refractivity contribution is 0.589. The van der Waals surface area contributed by atoms with E-state index in [9.17, 15) is 0 Å². The number of hydrogen-bond donors (Lipinski definition) is 0. The van der Waals surface area contributed by atoms with Gasteiger partial charge in [0, 0.05) is 18.1 Å².